The molecule has 4 heteroatoms. The molecule has 1 N–H and O–H groups in total. The fraction of sp³-hybridized carbons (Fsp3) is 0.500. The van der Waals surface area contributed by atoms with Crippen molar-refractivity contribution in [3.8, 4) is 0 Å². The van der Waals surface area contributed by atoms with E-state index in [2.05, 4.69) is 0 Å². The number of hydrogen-bond donors (Lipinski definition) is 1. The summed E-state index contributed by atoms with van der Waals surface area (Å²) in [6, 6.07) is 5.15. The molecule has 2 nitrogen and oxygen atoms in total. The maximum Gasteiger partial charge on any atom is 0.0858 e. The lowest BCUT2D eigenvalue weighted by atomic mass is 9.91. The second-order valence-corrected chi connectivity index (χ2v) is 4.98. The van der Waals surface area contributed by atoms with Crippen LogP contribution in [-0.2, 0) is 4.74 Å². The molecule has 1 aromatic carbocycles. The second-order valence-electron chi connectivity index (χ2n) is 4.14. The molecular weight excluding hydrogens is 247 g/mol. The fourth-order valence-electron chi connectivity index (χ4n) is 2.13. The van der Waals surface area contributed by atoms with E-state index in [1.807, 2.05) is 6.92 Å². The van der Waals surface area contributed by atoms with Crippen molar-refractivity contribution in [1.82, 2.24) is 0 Å². The minimum absolute atomic E-state index is 0.0602. The summed E-state index contributed by atoms with van der Waals surface area (Å²) < 4.78 is 5.44. The molecule has 1 saturated heterocycles. The monoisotopic (exact) mass is 260 g/mol. The molecule has 3 unspecified atom stereocenters. The summed E-state index contributed by atoms with van der Waals surface area (Å²) in [5, 5.41) is 11.4. The highest BCUT2D eigenvalue weighted by Gasteiger charge is 2.32. The first-order chi connectivity index (χ1) is 7.59. The van der Waals surface area contributed by atoms with Crippen LogP contribution in [0.3, 0.4) is 0 Å². The van der Waals surface area contributed by atoms with Crippen LogP contribution in [0.5, 0.6) is 0 Å². The SMILES string of the molecule is CC1OCCC1C(O)c1cc(Cl)ccc1Cl. The van der Waals surface area contributed by atoms with Crippen LogP contribution in [0.4, 0.5) is 0 Å². The highest BCUT2D eigenvalue weighted by Crippen LogP contribution is 2.37. The number of hydrogen-bond acceptors (Lipinski definition) is 2. The second kappa shape index (κ2) is 4.92. The van der Waals surface area contributed by atoms with Crippen LogP contribution in [0.15, 0.2) is 18.2 Å². The Labute approximate surface area is 105 Å². The highest BCUT2D eigenvalue weighted by atomic mass is 35.5. The van der Waals surface area contributed by atoms with Gasteiger partial charge in [-0.3, -0.25) is 0 Å². The van der Waals surface area contributed by atoms with E-state index in [0.717, 1.165) is 6.42 Å². The molecule has 16 heavy (non-hydrogen) atoms. The zero-order valence-corrected chi connectivity index (χ0v) is 10.5. The molecule has 2 rings (SSSR count). The summed E-state index contributed by atoms with van der Waals surface area (Å²) >= 11 is 12.0. The van der Waals surface area contributed by atoms with Gasteiger partial charge in [0.1, 0.15) is 0 Å². The summed E-state index contributed by atoms with van der Waals surface area (Å²) in [4.78, 5) is 0. The van der Waals surface area contributed by atoms with Gasteiger partial charge in [-0.2, -0.15) is 0 Å². The molecule has 0 aliphatic carbocycles. The van der Waals surface area contributed by atoms with Gasteiger partial charge in [0.25, 0.3) is 0 Å². The van der Waals surface area contributed by atoms with E-state index < -0.39 is 6.10 Å². The summed E-state index contributed by atoms with van der Waals surface area (Å²) in [5.74, 6) is 0.0935. The lowest BCUT2D eigenvalue weighted by Gasteiger charge is -2.22. The molecule has 1 fully saturated rings. The summed E-state index contributed by atoms with van der Waals surface area (Å²) in [6.07, 6.45) is 0.305. The predicted molar refractivity (Wildman–Crippen MR) is 64.9 cm³/mol. The number of halogens is 2. The van der Waals surface area contributed by atoms with Gasteiger partial charge in [-0.05, 0) is 31.5 Å². The Balaban J connectivity index is 2.25. The number of aliphatic hydroxyl groups excluding tert-OH is 1. The Morgan fingerprint density at radius 2 is 2.19 bits per heavy atom. The predicted octanol–water partition coefficient (Wildman–Crippen LogP) is 3.45. The highest BCUT2D eigenvalue weighted by molar-refractivity contribution is 6.33. The van der Waals surface area contributed by atoms with Crippen LogP contribution >= 0.6 is 23.2 Å². The molecule has 0 aromatic heterocycles. The normalized spacial score (nSPS) is 27.0. The van der Waals surface area contributed by atoms with Crippen molar-refractivity contribution >= 4 is 23.2 Å². The average molecular weight is 261 g/mol. The molecule has 0 amide bonds. The Hall–Kier alpha value is -0.280. The van der Waals surface area contributed by atoms with E-state index >= 15 is 0 Å². The zero-order chi connectivity index (χ0) is 11.7. The number of ether oxygens (including phenoxy) is 1. The molecule has 1 heterocycles. The van der Waals surface area contributed by atoms with Gasteiger partial charge in [0.2, 0.25) is 0 Å². The minimum Gasteiger partial charge on any atom is -0.388 e. The molecular formula is C12H14Cl2O2. The Bertz CT molecular complexity index is 381. The lowest BCUT2D eigenvalue weighted by molar-refractivity contribution is 0.0432. The van der Waals surface area contributed by atoms with Gasteiger partial charge >= 0.3 is 0 Å². The third-order valence-corrected chi connectivity index (χ3v) is 3.70. The van der Waals surface area contributed by atoms with Crippen LogP contribution in [0, 0.1) is 5.92 Å². The summed E-state index contributed by atoms with van der Waals surface area (Å²) in [7, 11) is 0. The lowest BCUT2D eigenvalue weighted by Crippen LogP contribution is -2.20. The Kier molecular flexibility index (Phi) is 3.75. The summed E-state index contributed by atoms with van der Waals surface area (Å²) in [5.41, 5.74) is 0.691. The quantitative estimate of drug-likeness (QED) is 0.883. The van der Waals surface area contributed by atoms with Crippen molar-refractivity contribution in [3.63, 3.8) is 0 Å². The molecule has 0 spiro atoms. The first-order valence-electron chi connectivity index (χ1n) is 5.34. The minimum atomic E-state index is -0.608. The van der Waals surface area contributed by atoms with Crippen molar-refractivity contribution in [2.75, 3.05) is 6.61 Å². The van der Waals surface area contributed by atoms with Crippen molar-refractivity contribution in [2.24, 2.45) is 5.92 Å². The van der Waals surface area contributed by atoms with Crippen molar-refractivity contribution in [1.29, 1.82) is 0 Å². The van der Waals surface area contributed by atoms with Gasteiger partial charge in [-0.1, -0.05) is 23.2 Å². The van der Waals surface area contributed by atoms with Gasteiger partial charge in [0.05, 0.1) is 12.2 Å². The molecule has 0 bridgehead atoms. The molecule has 1 aromatic rings. The van der Waals surface area contributed by atoms with Gasteiger partial charge in [0, 0.05) is 28.1 Å². The third kappa shape index (κ3) is 2.35. The van der Waals surface area contributed by atoms with Crippen LogP contribution in [0.2, 0.25) is 10.0 Å². The Morgan fingerprint density at radius 1 is 1.44 bits per heavy atom. The van der Waals surface area contributed by atoms with E-state index in [-0.39, 0.29) is 12.0 Å². The number of rotatable bonds is 2. The van der Waals surface area contributed by atoms with Gasteiger partial charge in [-0.15, -0.1) is 0 Å². The molecule has 3 atom stereocenters. The molecule has 1 aliphatic heterocycles. The van der Waals surface area contributed by atoms with Crippen molar-refractivity contribution < 1.29 is 9.84 Å². The van der Waals surface area contributed by atoms with Crippen LogP contribution in [0.25, 0.3) is 0 Å². The van der Waals surface area contributed by atoms with Crippen LogP contribution in [0.1, 0.15) is 25.0 Å². The van der Waals surface area contributed by atoms with E-state index in [1.165, 1.54) is 0 Å². The van der Waals surface area contributed by atoms with E-state index in [1.54, 1.807) is 18.2 Å². The van der Waals surface area contributed by atoms with Gasteiger partial charge in [0.15, 0.2) is 0 Å². The molecule has 88 valence electrons. The fourth-order valence-corrected chi connectivity index (χ4v) is 2.54. The molecule has 0 saturated carbocycles. The largest absolute Gasteiger partial charge is 0.388 e. The topological polar surface area (TPSA) is 29.5 Å². The first-order valence-corrected chi connectivity index (χ1v) is 6.10. The maximum atomic E-state index is 10.3. The first kappa shape index (κ1) is 12.2. The van der Waals surface area contributed by atoms with Crippen molar-refractivity contribution in [3.05, 3.63) is 33.8 Å². The third-order valence-electron chi connectivity index (χ3n) is 3.12. The Morgan fingerprint density at radius 3 is 2.81 bits per heavy atom. The average Bonchev–Trinajstić information content (AvgIpc) is 2.67. The van der Waals surface area contributed by atoms with E-state index in [4.69, 9.17) is 27.9 Å². The standard InChI is InChI=1S/C12H14Cl2O2/c1-7-9(4-5-16-7)12(15)10-6-8(13)2-3-11(10)14/h2-3,6-7,9,12,15H,4-5H2,1H3. The maximum absolute atomic E-state index is 10.3. The van der Waals surface area contributed by atoms with E-state index in [0.29, 0.717) is 22.2 Å². The van der Waals surface area contributed by atoms with E-state index in [9.17, 15) is 5.11 Å². The van der Waals surface area contributed by atoms with Crippen LogP contribution < -0.4 is 0 Å². The summed E-state index contributed by atoms with van der Waals surface area (Å²) in [6.45, 7) is 2.67. The molecule has 0 radical (unpaired) electrons. The van der Waals surface area contributed by atoms with Crippen LogP contribution in [-0.4, -0.2) is 17.8 Å². The number of aliphatic hydroxyl groups is 1. The number of benzene rings is 1. The molecule has 1 aliphatic rings. The zero-order valence-electron chi connectivity index (χ0n) is 8.99. The smallest absolute Gasteiger partial charge is 0.0858 e. The van der Waals surface area contributed by atoms with Crippen molar-refractivity contribution in [2.45, 2.75) is 25.6 Å². The van der Waals surface area contributed by atoms with Gasteiger partial charge < -0.3 is 9.84 Å². The van der Waals surface area contributed by atoms with Gasteiger partial charge in [-0.25, -0.2) is 0 Å².